The van der Waals surface area contributed by atoms with Gasteiger partial charge >= 0.3 is 0 Å². The molecule has 25 heavy (non-hydrogen) atoms. The lowest BCUT2D eigenvalue weighted by atomic mass is 10.1. The summed E-state index contributed by atoms with van der Waals surface area (Å²) in [5.74, 6) is 1.25. The molecule has 3 aromatic rings. The summed E-state index contributed by atoms with van der Waals surface area (Å²) in [6.45, 7) is 1.29. The Morgan fingerprint density at radius 3 is 2.76 bits per heavy atom. The quantitative estimate of drug-likeness (QED) is 0.771. The maximum Gasteiger partial charge on any atom is 0.244 e. The first-order valence-corrected chi connectivity index (χ1v) is 8.45. The Morgan fingerprint density at radius 2 is 1.96 bits per heavy atom. The van der Waals surface area contributed by atoms with Crippen LogP contribution in [0.2, 0.25) is 0 Å². The molecule has 4 rings (SSSR count). The Labute approximate surface area is 146 Å². The van der Waals surface area contributed by atoms with Crippen molar-refractivity contribution in [2.75, 3.05) is 6.54 Å². The molecule has 1 N–H and O–H groups in total. The molecule has 0 bridgehead atoms. The molecule has 6 heteroatoms. The second-order valence-electron chi connectivity index (χ2n) is 6.41. The summed E-state index contributed by atoms with van der Waals surface area (Å²) in [6, 6.07) is 14.0. The van der Waals surface area contributed by atoms with E-state index in [0.717, 1.165) is 11.1 Å². The highest BCUT2D eigenvalue weighted by Gasteiger charge is 2.35. The molecule has 3 heterocycles. The van der Waals surface area contributed by atoms with Crippen LogP contribution in [0.1, 0.15) is 35.3 Å². The highest BCUT2D eigenvalue weighted by molar-refractivity contribution is 5.18. The number of pyridine rings is 1. The van der Waals surface area contributed by atoms with Crippen LogP contribution in [0.5, 0.6) is 0 Å². The standard InChI is InChI=1S/C19H20N4O2/c24-16-10-17(23(13-16)12-15-7-4-8-20-11-15)19-21-18(22-25-19)9-14-5-2-1-3-6-14/h1-8,11,16-17,24H,9-10,12-13H2. The summed E-state index contributed by atoms with van der Waals surface area (Å²) < 4.78 is 5.51. The minimum Gasteiger partial charge on any atom is -0.392 e. The van der Waals surface area contributed by atoms with Gasteiger partial charge in [0, 0.05) is 31.9 Å². The predicted octanol–water partition coefficient (Wildman–Crippen LogP) is 2.36. The number of benzene rings is 1. The van der Waals surface area contributed by atoms with Gasteiger partial charge in [0.25, 0.3) is 0 Å². The normalized spacial score (nSPS) is 20.8. The Kier molecular flexibility index (Phi) is 4.54. The summed E-state index contributed by atoms with van der Waals surface area (Å²) in [5.41, 5.74) is 2.25. The van der Waals surface area contributed by atoms with E-state index in [1.165, 1.54) is 0 Å². The van der Waals surface area contributed by atoms with Crippen molar-refractivity contribution in [2.24, 2.45) is 0 Å². The van der Waals surface area contributed by atoms with Gasteiger partial charge in [-0.3, -0.25) is 9.88 Å². The van der Waals surface area contributed by atoms with Gasteiger partial charge in [-0.15, -0.1) is 0 Å². The van der Waals surface area contributed by atoms with Crippen molar-refractivity contribution in [2.45, 2.75) is 31.5 Å². The van der Waals surface area contributed by atoms with E-state index in [4.69, 9.17) is 4.52 Å². The minimum absolute atomic E-state index is 0.0628. The summed E-state index contributed by atoms with van der Waals surface area (Å²) in [5, 5.41) is 14.2. The molecular formula is C19H20N4O2. The Bertz CT molecular complexity index is 807. The number of aliphatic hydroxyl groups is 1. The highest BCUT2D eigenvalue weighted by atomic mass is 16.5. The summed E-state index contributed by atoms with van der Waals surface area (Å²) in [6.07, 6.45) is 4.46. The van der Waals surface area contributed by atoms with E-state index in [2.05, 4.69) is 20.0 Å². The number of hydrogen-bond acceptors (Lipinski definition) is 6. The molecule has 0 radical (unpaired) electrons. The molecule has 1 aliphatic heterocycles. The molecule has 2 unspecified atom stereocenters. The number of hydrogen-bond donors (Lipinski definition) is 1. The van der Waals surface area contributed by atoms with E-state index >= 15 is 0 Å². The smallest absolute Gasteiger partial charge is 0.244 e. The topological polar surface area (TPSA) is 75.3 Å². The average molecular weight is 336 g/mol. The average Bonchev–Trinajstić information content (AvgIpc) is 3.23. The molecule has 2 aromatic heterocycles. The summed E-state index contributed by atoms with van der Waals surface area (Å²) in [7, 11) is 0. The minimum atomic E-state index is -0.383. The van der Waals surface area contributed by atoms with Gasteiger partial charge in [0.15, 0.2) is 5.82 Å². The van der Waals surface area contributed by atoms with Crippen molar-refractivity contribution in [1.29, 1.82) is 0 Å². The maximum absolute atomic E-state index is 10.1. The molecule has 1 saturated heterocycles. The molecule has 0 spiro atoms. The zero-order valence-corrected chi connectivity index (χ0v) is 13.8. The highest BCUT2D eigenvalue weighted by Crippen LogP contribution is 2.32. The van der Waals surface area contributed by atoms with E-state index in [0.29, 0.717) is 37.6 Å². The van der Waals surface area contributed by atoms with Gasteiger partial charge < -0.3 is 9.63 Å². The fraction of sp³-hybridized carbons (Fsp3) is 0.316. The fourth-order valence-electron chi connectivity index (χ4n) is 3.29. The summed E-state index contributed by atoms with van der Waals surface area (Å²) >= 11 is 0. The van der Waals surface area contributed by atoms with Crippen molar-refractivity contribution in [3.05, 3.63) is 77.7 Å². The van der Waals surface area contributed by atoms with Crippen LogP contribution in [0.15, 0.2) is 59.4 Å². The molecule has 0 aliphatic carbocycles. The predicted molar refractivity (Wildman–Crippen MR) is 91.6 cm³/mol. The van der Waals surface area contributed by atoms with Gasteiger partial charge in [0.2, 0.25) is 5.89 Å². The molecule has 2 atom stereocenters. The van der Waals surface area contributed by atoms with Gasteiger partial charge in [0.1, 0.15) is 0 Å². The molecule has 1 aromatic carbocycles. The van der Waals surface area contributed by atoms with Gasteiger partial charge in [-0.05, 0) is 23.6 Å². The Hall–Kier alpha value is -2.57. The number of β-amino-alcohol motifs (C(OH)–C–C–N with tert-alkyl or cyclic N) is 1. The fourth-order valence-corrected chi connectivity index (χ4v) is 3.29. The molecule has 128 valence electrons. The lowest BCUT2D eigenvalue weighted by Crippen LogP contribution is -2.24. The Balaban J connectivity index is 1.49. The van der Waals surface area contributed by atoms with Gasteiger partial charge in [-0.1, -0.05) is 41.6 Å². The van der Waals surface area contributed by atoms with Crippen LogP contribution in [0.25, 0.3) is 0 Å². The molecule has 0 amide bonds. The zero-order chi connectivity index (χ0) is 17.1. The maximum atomic E-state index is 10.1. The number of aromatic nitrogens is 3. The van der Waals surface area contributed by atoms with E-state index in [1.807, 2.05) is 48.7 Å². The molecule has 6 nitrogen and oxygen atoms in total. The molecule has 1 aliphatic rings. The van der Waals surface area contributed by atoms with Crippen LogP contribution in [0.4, 0.5) is 0 Å². The van der Waals surface area contributed by atoms with Crippen LogP contribution in [0.3, 0.4) is 0 Å². The number of nitrogens with zero attached hydrogens (tertiary/aromatic N) is 4. The number of aliphatic hydroxyl groups excluding tert-OH is 1. The van der Waals surface area contributed by atoms with Crippen molar-refractivity contribution < 1.29 is 9.63 Å². The van der Waals surface area contributed by atoms with Crippen molar-refractivity contribution in [3.8, 4) is 0 Å². The van der Waals surface area contributed by atoms with Gasteiger partial charge in [-0.2, -0.15) is 4.98 Å². The van der Waals surface area contributed by atoms with Crippen LogP contribution in [0, 0.1) is 0 Å². The van der Waals surface area contributed by atoms with Crippen molar-refractivity contribution in [1.82, 2.24) is 20.0 Å². The SMILES string of the molecule is OC1CC(c2nc(Cc3ccccc3)no2)N(Cc2cccnc2)C1. The Morgan fingerprint density at radius 1 is 1.12 bits per heavy atom. The van der Waals surface area contributed by atoms with Crippen LogP contribution in [-0.2, 0) is 13.0 Å². The molecule has 0 saturated carbocycles. The third-order valence-electron chi connectivity index (χ3n) is 4.46. The first-order valence-electron chi connectivity index (χ1n) is 8.45. The van der Waals surface area contributed by atoms with E-state index < -0.39 is 0 Å². The van der Waals surface area contributed by atoms with Crippen LogP contribution in [-0.4, -0.2) is 37.8 Å². The van der Waals surface area contributed by atoms with Crippen LogP contribution < -0.4 is 0 Å². The second kappa shape index (κ2) is 7.13. The van der Waals surface area contributed by atoms with Crippen LogP contribution >= 0.6 is 0 Å². The third kappa shape index (κ3) is 3.75. The van der Waals surface area contributed by atoms with E-state index in [1.54, 1.807) is 6.20 Å². The number of rotatable bonds is 5. The monoisotopic (exact) mass is 336 g/mol. The largest absolute Gasteiger partial charge is 0.392 e. The van der Waals surface area contributed by atoms with Crippen molar-refractivity contribution >= 4 is 0 Å². The van der Waals surface area contributed by atoms with Gasteiger partial charge in [-0.25, -0.2) is 0 Å². The van der Waals surface area contributed by atoms with Crippen molar-refractivity contribution in [3.63, 3.8) is 0 Å². The summed E-state index contributed by atoms with van der Waals surface area (Å²) in [4.78, 5) is 10.9. The first-order chi connectivity index (χ1) is 12.3. The third-order valence-corrected chi connectivity index (χ3v) is 4.46. The van der Waals surface area contributed by atoms with E-state index in [-0.39, 0.29) is 12.1 Å². The number of likely N-dealkylation sites (tertiary alicyclic amines) is 1. The van der Waals surface area contributed by atoms with Gasteiger partial charge in [0.05, 0.1) is 12.1 Å². The lowest BCUT2D eigenvalue weighted by Gasteiger charge is -2.20. The second-order valence-corrected chi connectivity index (χ2v) is 6.41. The molecule has 1 fully saturated rings. The molecular weight excluding hydrogens is 316 g/mol. The van der Waals surface area contributed by atoms with E-state index in [9.17, 15) is 5.11 Å². The lowest BCUT2D eigenvalue weighted by molar-refractivity contribution is 0.169. The zero-order valence-electron chi connectivity index (χ0n) is 13.8. The first kappa shape index (κ1) is 15.9.